The monoisotopic (exact) mass is 389 g/mol. The highest BCUT2D eigenvalue weighted by molar-refractivity contribution is 9.10. The lowest BCUT2D eigenvalue weighted by atomic mass is 10.0. The predicted molar refractivity (Wildman–Crippen MR) is 92.3 cm³/mol. The van der Waals surface area contributed by atoms with Crippen LogP contribution in [-0.2, 0) is 0 Å². The lowest BCUT2D eigenvalue weighted by molar-refractivity contribution is 0.475. The molecule has 1 heterocycles. The molecular formula is C15H18BrCl2N3. The fourth-order valence-electron chi connectivity index (χ4n) is 2.36. The minimum Gasteiger partial charge on any atom is -0.305 e. The Bertz CT molecular complexity index is 605. The van der Waals surface area contributed by atoms with Gasteiger partial charge >= 0.3 is 0 Å². The minimum atomic E-state index is -0.115. The summed E-state index contributed by atoms with van der Waals surface area (Å²) < 4.78 is 2.93. The van der Waals surface area contributed by atoms with Crippen molar-refractivity contribution in [1.29, 1.82) is 0 Å². The van der Waals surface area contributed by atoms with Crippen LogP contribution in [0.15, 0.2) is 28.9 Å². The number of nitrogens with zero attached hydrogens (tertiary/aromatic N) is 2. The maximum atomic E-state index is 6.39. The normalized spacial score (nSPS) is 12.9. The van der Waals surface area contributed by atoms with Gasteiger partial charge in [-0.3, -0.25) is 4.68 Å². The molecule has 6 heteroatoms. The third kappa shape index (κ3) is 3.45. The molecule has 0 aliphatic rings. The number of hydrogen-bond donors (Lipinski definition) is 1. The molecule has 3 nitrogen and oxygen atoms in total. The maximum absolute atomic E-state index is 6.39. The van der Waals surface area contributed by atoms with Crippen molar-refractivity contribution in [3.8, 4) is 0 Å². The summed E-state index contributed by atoms with van der Waals surface area (Å²) in [5.41, 5.74) is 1.91. The SMILES string of the molecule is CCNC(c1c(Cl)cccc1Cl)c1c(Br)cnn1C(C)C. The van der Waals surface area contributed by atoms with E-state index in [4.69, 9.17) is 23.2 Å². The summed E-state index contributed by atoms with van der Waals surface area (Å²) in [5, 5.41) is 9.21. The van der Waals surface area contributed by atoms with Crippen LogP contribution >= 0.6 is 39.1 Å². The van der Waals surface area contributed by atoms with E-state index in [1.165, 1.54) is 0 Å². The zero-order valence-corrected chi connectivity index (χ0v) is 15.3. The van der Waals surface area contributed by atoms with Crippen LogP contribution in [-0.4, -0.2) is 16.3 Å². The van der Waals surface area contributed by atoms with Gasteiger partial charge in [0.15, 0.2) is 0 Å². The molecule has 0 saturated carbocycles. The third-order valence-corrected chi connectivity index (χ3v) is 4.52. The first-order valence-corrected chi connectivity index (χ1v) is 8.42. The Hall–Kier alpha value is -0.550. The first-order valence-electron chi connectivity index (χ1n) is 6.87. The lowest BCUT2D eigenvalue weighted by Gasteiger charge is -2.24. The number of hydrogen-bond acceptors (Lipinski definition) is 2. The predicted octanol–water partition coefficient (Wildman–Crippen LogP) is 5.23. The summed E-state index contributed by atoms with van der Waals surface area (Å²) in [4.78, 5) is 0. The van der Waals surface area contributed by atoms with Crippen molar-refractivity contribution in [2.24, 2.45) is 0 Å². The van der Waals surface area contributed by atoms with Gasteiger partial charge in [0, 0.05) is 21.7 Å². The van der Waals surface area contributed by atoms with E-state index in [0.717, 1.165) is 22.3 Å². The van der Waals surface area contributed by atoms with E-state index in [1.807, 2.05) is 29.1 Å². The smallest absolute Gasteiger partial charge is 0.0789 e. The minimum absolute atomic E-state index is 0.115. The molecule has 0 fully saturated rings. The van der Waals surface area contributed by atoms with E-state index < -0.39 is 0 Å². The second kappa shape index (κ2) is 7.14. The number of benzene rings is 1. The average Bonchev–Trinajstić information content (AvgIpc) is 2.79. The summed E-state index contributed by atoms with van der Waals surface area (Å²) in [6, 6.07) is 5.70. The van der Waals surface area contributed by atoms with Gasteiger partial charge in [0.05, 0.1) is 22.4 Å². The Morgan fingerprint density at radius 3 is 2.43 bits per heavy atom. The molecule has 0 bridgehead atoms. The highest BCUT2D eigenvalue weighted by atomic mass is 79.9. The number of aromatic nitrogens is 2. The van der Waals surface area contributed by atoms with Crippen LogP contribution < -0.4 is 5.32 Å². The van der Waals surface area contributed by atoms with Crippen LogP contribution in [0.5, 0.6) is 0 Å². The van der Waals surface area contributed by atoms with Crippen LogP contribution in [0.1, 0.15) is 44.1 Å². The van der Waals surface area contributed by atoms with Crippen molar-refractivity contribution in [3.63, 3.8) is 0 Å². The van der Waals surface area contributed by atoms with Crippen LogP contribution in [0.3, 0.4) is 0 Å². The molecule has 2 rings (SSSR count). The lowest BCUT2D eigenvalue weighted by Crippen LogP contribution is -2.26. The van der Waals surface area contributed by atoms with Crippen molar-refractivity contribution in [3.05, 3.63) is 50.2 Å². The Labute approximate surface area is 143 Å². The summed E-state index contributed by atoms with van der Waals surface area (Å²) >= 11 is 16.4. The van der Waals surface area contributed by atoms with Crippen molar-refractivity contribution in [2.45, 2.75) is 32.9 Å². The summed E-state index contributed by atoms with van der Waals surface area (Å²) in [7, 11) is 0. The van der Waals surface area contributed by atoms with Crippen LogP contribution in [0.4, 0.5) is 0 Å². The van der Waals surface area contributed by atoms with E-state index in [2.05, 4.69) is 47.1 Å². The van der Waals surface area contributed by atoms with Crippen LogP contribution in [0.2, 0.25) is 10.0 Å². The highest BCUT2D eigenvalue weighted by Gasteiger charge is 2.26. The first kappa shape index (κ1) is 16.8. The molecule has 1 aromatic carbocycles. The third-order valence-electron chi connectivity index (χ3n) is 3.25. The second-order valence-corrected chi connectivity index (χ2v) is 6.71. The van der Waals surface area contributed by atoms with Gasteiger partial charge < -0.3 is 5.32 Å². The van der Waals surface area contributed by atoms with Gasteiger partial charge in [-0.15, -0.1) is 0 Å². The number of rotatable bonds is 5. The number of halogens is 3. The summed E-state index contributed by atoms with van der Waals surface area (Å²) in [6.07, 6.45) is 1.81. The van der Waals surface area contributed by atoms with Gasteiger partial charge in [-0.2, -0.15) is 5.10 Å². The Kier molecular flexibility index (Phi) is 5.72. The highest BCUT2D eigenvalue weighted by Crippen LogP contribution is 2.37. The van der Waals surface area contributed by atoms with Crippen LogP contribution in [0, 0.1) is 0 Å². The Balaban J connectivity index is 2.62. The zero-order valence-electron chi connectivity index (χ0n) is 12.2. The van der Waals surface area contributed by atoms with Crippen molar-refractivity contribution in [2.75, 3.05) is 6.54 Å². The van der Waals surface area contributed by atoms with Crippen molar-refractivity contribution < 1.29 is 0 Å². The fourth-order valence-corrected chi connectivity index (χ4v) is 3.48. The van der Waals surface area contributed by atoms with E-state index in [1.54, 1.807) is 0 Å². The summed E-state index contributed by atoms with van der Waals surface area (Å²) in [6.45, 7) is 7.05. The van der Waals surface area contributed by atoms with Crippen LogP contribution in [0.25, 0.3) is 0 Å². The molecular weight excluding hydrogens is 373 g/mol. The van der Waals surface area contributed by atoms with Gasteiger partial charge in [0.1, 0.15) is 0 Å². The van der Waals surface area contributed by atoms with Gasteiger partial charge in [-0.1, -0.05) is 36.2 Å². The molecule has 0 aliphatic heterocycles. The molecule has 1 N–H and O–H groups in total. The molecule has 0 radical (unpaired) electrons. The average molecular weight is 391 g/mol. The molecule has 0 aliphatic carbocycles. The molecule has 0 saturated heterocycles. The van der Waals surface area contributed by atoms with Gasteiger partial charge in [-0.25, -0.2) is 0 Å². The van der Waals surface area contributed by atoms with E-state index in [0.29, 0.717) is 10.0 Å². The zero-order chi connectivity index (χ0) is 15.6. The molecule has 114 valence electrons. The largest absolute Gasteiger partial charge is 0.305 e. The van der Waals surface area contributed by atoms with E-state index >= 15 is 0 Å². The Morgan fingerprint density at radius 1 is 1.29 bits per heavy atom. The molecule has 0 spiro atoms. The number of nitrogens with one attached hydrogen (secondary N) is 1. The molecule has 1 atom stereocenters. The van der Waals surface area contributed by atoms with Gasteiger partial charge in [0.2, 0.25) is 0 Å². The van der Waals surface area contributed by atoms with Gasteiger partial charge in [0.25, 0.3) is 0 Å². The molecule has 0 amide bonds. The molecule has 1 aromatic heterocycles. The molecule has 21 heavy (non-hydrogen) atoms. The maximum Gasteiger partial charge on any atom is 0.0789 e. The summed E-state index contributed by atoms with van der Waals surface area (Å²) in [5.74, 6) is 0. The van der Waals surface area contributed by atoms with Crippen molar-refractivity contribution >= 4 is 39.1 Å². The standard InChI is InChI=1S/C15H18BrCl2N3/c1-4-19-14(13-11(17)6-5-7-12(13)18)15-10(16)8-20-21(15)9(2)3/h5-9,14,19H,4H2,1-3H3. The second-order valence-electron chi connectivity index (χ2n) is 5.04. The Morgan fingerprint density at radius 2 is 1.90 bits per heavy atom. The van der Waals surface area contributed by atoms with E-state index in [-0.39, 0.29) is 12.1 Å². The first-order chi connectivity index (χ1) is 9.97. The van der Waals surface area contributed by atoms with Gasteiger partial charge in [-0.05, 0) is 48.5 Å². The fraction of sp³-hybridized carbons (Fsp3) is 0.400. The van der Waals surface area contributed by atoms with E-state index in [9.17, 15) is 0 Å². The van der Waals surface area contributed by atoms with Crippen molar-refractivity contribution in [1.82, 2.24) is 15.1 Å². The topological polar surface area (TPSA) is 29.9 Å². The molecule has 1 unspecified atom stereocenters. The molecule has 2 aromatic rings. The quantitative estimate of drug-likeness (QED) is 0.757.